The van der Waals surface area contributed by atoms with Crippen molar-refractivity contribution >= 4 is 29.0 Å². The summed E-state index contributed by atoms with van der Waals surface area (Å²) in [4.78, 5) is 4.05. The highest BCUT2D eigenvalue weighted by Gasteiger charge is 2.15. The minimum atomic E-state index is 0.125. The van der Waals surface area contributed by atoms with Gasteiger partial charge in [0.15, 0.2) is 11.0 Å². The first-order valence-electron chi connectivity index (χ1n) is 5.58. The average molecular weight is 261 g/mol. The van der Waals surface area contributed by atoms with Crippen LogP contribution in [0, 0.1) is 0 Å². The molecule has 1 aromatic heterocycles. The van der Waals surface area contributed by atoms with Gasteiger partial charge in [0.25, 0.3) is 0 Å². The molecule has 6 heteroatoms. The predicted octanol–water partition coefficient (Wildman–Crippen LogP) is 3.31. The van der Waals surface area contributed by atoms with Crippen molar-refractivity contribution in [1.82, 2.24) is 15.2 Å². The monoisotopic (exact) mass is 260 g/mol. The molecule has 1 aliphatic carbocycles. The summed E-state index contributed by atoms with van der Waals surface area (Å²) in [6.45, 7) is 0. The number of nitrogens with one attached hydrogen (secondary N) is 1. The van der Waals surface area contributed by atoms with Crippen molar-refractivity contribution in [3.63, 3.8) is 0 Å². The Morgan fingerprint density at radius 2 is 1.69 bits per heavy atom. The van der Waals surface area contributed by atoms with E-state index in [2.05, 4.69) is 20.5 Å². The van der Waals surface area contributed by atoms with Crippen LogP contribution in [0.4, 0.5) is 5.82 Å². The van der Waals surface area contributed by atoms with Crippen LogP contribution in [0.3, 0.4) is 0 Å². The smallest absolute Gasteiger partial charge is 0.245 e. The average Bonchev–Trinajstić information content (AvgIpc) is 2.52. The summed E-state index contributed by atoms with van der Waals surface area (Å²) in [5.74, 6) is 0.550. The molecule has 88 valence electrons. The maximum atomic E-state index is 5.90. The second kappa shape index (κ2) is 5.64. The lowest BCUT2D eigenvalue weighted by molar-refractivity contribution is 0.616. The highest BCUT2D eigenvalue weighted by molar-refractivity contribution is 6.32. The molecule has 0 amide bonds. The molecule has 1 aliphatic rings. The Labute approximate surface area is 105 Å². The first-order valence-corrected chi connectivity index (χ1v) is 6.33. The molecule has 1 N–H and O–H groups in total. The van der Waals surface area contributed by atoms with Crippen LogP contribution in [-0.4, -0.2) is 21.2 Å². The van der Waals surface area contributed by atoms with Crippen molar-refractivity contribution in [2.45, 2.75) is 44.6 Å². The maximum Gasteiger partial charge on any atom is 0.245 e. The number of hydrogen-bond donors (Lipinski definition) is 1. The van der Waals surface area contributed by atoms with Gasteiger partial charge in [-0.3, -0.25) is 0 Å². The molecule has 1 fully saturated rings. The van der Waals surface area contributed by atoms with E-state index in [0.29, 0.717) is 11.9 Å². The zero-order chi connectivity index (χ0) is 11.4. The van der Waals surface area contributed by atoms with Crippen LogP contribution in [0.15, 0.2) is 0 Å². The number of aromatic nitrogens is 3. The van der Waals surface area contributed by atoms with Crippen LogP contribution in [0.2, 0.25) is 10.4 Å². The van der Waals surface area contributed by atoms with Gasteiger partial charge in [-0.25, -0.2) is 0 Å². The molecule has 1 heterocycles. The second-order valence-corrected chi connectivity index (χ2v) is 4.75. The number of halogens is 2. The highest BCUT2D eigenvalue weighted by atomic mass is 35.5. The quantitative estimate of drug-likeness (QED) is 0.830. The molecule has 2 rings (SSSR count). The van der Waals surface area contributed by atoms with E-state index in [9.17, 15) is 0 Å². The molecule has 1 saturated carbocycles. The van der Waals surface area contributed by atoms with E-state index >= 15 is 0 Å². The van der Waals surface area contributed by atoms with Gasteiger partial charge in [-0.15, -0.1) is 10.2 Å². The van der Waals surface area contributed by atoms with Gasteiger partial charge in [0, 0.05) is 6.04 Å². The molecule has 0 aliphatic heterocycles. The molecule has 1 aromatic rings. The van der Waals surface area contributed by atoms with E-state index in [4.69, 9.17) is 23.2 Å². The van der Waals surface area contributed by atoms with Crippen LogP contribution in [0.5, 0.6) is 0 Å². The minimum Gasteiger partial charge on any atom is -0.365 e. The van der Waals surface area contributed by atoms with Crippen molar-refractivity contribution < 1.29 is 0 Å². The van der Waals surface area contributed by atoms with Crippen LogP contribution < -0.4 is 5.32 Å². The van der Waals surface area contributed by atoms with Gasteiger partial charge in [0.05, 0.1) is 0 Å². The van der Waals surface area contributed by atoms with E-state index in [0.717, 1.165) is 12.8 Å². The van der Waals surface area contributed by atoms with Crippen LogP contribution in [0.1, 0.15) is 38.5 Å². The largest absolute Gasteiger partial charge is 0.365 e. The van der Waals surface area contributed by atoms with Crippen molar-refractivity contribution in [2.75, 3.05) is 5.32 Å². The topological polar surface area (TPSA) is 50.7 Å². The van der Waals surface area contributed by atoms with Gasteiger partial charge >= 0.3 is 0 Å². The molecular formula is C10H14Cl2N4. The number of rotatable bonds is 2. The third-order valence-electron chi connectivity index (χ3n) is 2.82. The zero-order valence-corrected chi connectivity index (χ0v) is 10.4. The summed E-state index contributed by atoms with van der Waals surface area (Å²) in [5, 5.41) is 11.0. The van der Waals surface area contributed by atoms with Gasteiger partial charge < -0.3 is 5.32 Å². The molecule has 0 aromatic carbocycles. The normalized spacial score (nSPS) is 18.1. The molecule has 0 radical (unpaired) electrons. The summed E-state index contributed by atoms with van der Waals surface area (Å²) in [7, 11) is 0. The van der Waals surface area contributed by atoms with Gasteiger partial charge in [0.1, 0.15) is 0 Å². The Bertz CT molecular complexity index is 351. The number of nitrogens with zero attached hydrogens (tertiary/aromatic N) is 3. The first-order chi connectivity index (χ1) is 7.75. The van der Waals surface area contributed by atoms with Gasteiger partial charge in [-0.05, 0) is 24.4 Å². The fourth-order valence-corrected chi connectivity index (χ4v) is 2.26. The van der Waals surface area contributed by atoms with E-state index in [-0.39, 0.29) is 10.4 Å². The molecule has 16 heavy (non-hydrogen) atoms. The Balaban J connectivity index is 2.04. The summed E-state index contributed by atoms with van der Waals surface area (Å²) < 4.78 is 0. The Morgan fingerprint density at radius 1 is 1.00 bits per heavy atom. The lowest BCUT2D eigenvalue weighted by Gasteiger charge is -2.16. The number of anilines is 1. The van der Waals surface area contributed by atoms with Crippen LogP contribution in [-0.2, 0) is 0 Å². The van der Waals surface area contributed by atoms with E-state index < -0.39 is 0 Å². The Hall–Kier alpha value is -0.610. The third-order valence-corrected chi connectivity index (χ3v) is 3.23. The molecule has 4 nitrogen and oxygen atoms in total. The SMILES string of the molecule is Clc1nnc(Cl)c(NC2CCCCCC2)n1. The van der Waals surface area contributed by atoms with Gasteiger partial charge in [0.2, 0.25) is 5.28 Å². The summed E-state index contributed by atoms with van der Waals surface area (Å²) >= 11 is 11.6. The summed E-state index contributed by atoms with van der Waals surface area (Å²) in [6.07, 6.45) is 7.43. The molecule has 0 spiro atoms. The highest BCUT2D eigenvalue weighted by Crippen LogP contribution is 2.23. The minimum absolute atomic E-state index is 0.125. The molecular weight excluding hydrogens is 247 g/mol. The van der Waals surface area contributed by atoms with Crippen molar-refractivity contribution in [2.24, 2.45) is 0 Å². The third kappa shape index (κ3) is 3.19. The Morgan fingerprint density at radius 3 is 2.38 bits per heavy atom. The summed E-state index contributed by atoms with van der Waals surface area (Å²) in [6, 6.07) is 0.424. The van der Waals surface area contributed by atoms with Crippen molar-refractivity contribution in [3.05, 3.63) is 10.4 Å². The lowest BCUT2D eigenvalue weighted by atomic mass is 10.1. The Kier molecular flexibility index (Phi) is 4.18. The fourth-order valence-electron chi connectivity index (χ4n) is 2.00. The van der Waals surface area contributed by atoms with Crippen LogP contribution in [0.25, 0.3) is 0 Å². The second-order valence-electron chi connectivity index (χ2n) is 4.05. The van der Waals surface area contributed by atoms with Gasteiger partial charge in [-0.1, -0.05) is 37.3 Å². The molecule has 0 bridgehead atoms. The number of hydrogen-bond acceptors (Lipinski definition) is 4. The fraction of sp³-hybridized carbons (Fsp3) is 0.700. The molecule has 0 atom stereocenters. The molecule has 0 unspecified atom stereocenters. The van der Waals surface area contributed by atoms with Crippen molar-refractivity contribution in [3.8, 4) is 0 Å². The van der Waals surface area contributed by atoms with E-state index in [1.165, 1.54) is 25.7 Å². The van der Waals surface area contributed by atoms with Gasteiger partial charge in [-0.2, -0.15) is 4.98 Å². The zero-order valence-electron chi connectivity index (χ0n) is 8.92. The first kappa shape index (κ1) is 11.9. The van der Waals surface area contributed by atoms with Crippen LogP contribution >= 0.6 is 23.2 Å². The van der Waals surface area contributed by atoms with E-state index in [1.54, 1.807) is 0 Å². The maximum absolute atomic E-state index is 5.90. The standard InChI is InChI=1S/C10H14Cl2N4/c11-8-9(14-10(12)16-15-8)13-7-5-3-1-2-4-6-7/h7H,1-6H2,(H,13,14,16). The predicted molar refractivity (Wildman–Crippen MR) is 65.0 cm³/mol. The lowest BCUT2D eigenvalue weighted by Crippen LogP contribution is -2.19. The van der Waals surface area contributed by atoms with Crippen molar-refractivity contribution in [1.29, 1.82) is 0 Å². The van der Waals surface area contributed by atoms with E-state index in [1.807, 2.05) is 0 Å². The molecule has 0 saturated heterocycles. The summed E-state index contributed by atoms with van der Waals surface area (Å²) in [5.41, 5.74) is 0.